The lowest BCUT2D eigenvalue weighted by Crippen LogP contribution is -2.34. The zero-order chi connectivity index (χ0) is 31.2. The molecule has 0 bridgehead atoms. The number of aryl methyl sites for hydroxylation is 1. The molecule has 2 aromatic carbocycles. The van der Waals surface area contributed by atoms with Gasteiger partial charge in [0.15, 0.2) is 28.8 Å². The Morgan fingerprint density at radius 2 is 1.66 bits per heavy atom. The van der Waals surface area contributed by atoms with Crippen molar-refractivity contribution < 1.29 is 42.4 Å². The average Bonchev–Trinajstić information content (AvgIpc) is 2.91. The van der Waals surface area contributed by atoms with Gasteiger partial charge in [-0.25, -0.2) is 13.8 Å². The fraction of sp³-hybridized carbons (Fsp3) is 0.367. The van der Waals surface area contributed by atoms with Crippen molar-refractivity contribution in [3.8, 4) is 23.0 Å². The molecule has 0 spiro atoms. The summed E-state index contributed by atoms with van der Waals surface area (Å²) in [5.74, 6) is -1.74. The summed E-state index contributed by atoms with van der Waals surface area (Å²) < 4.78 is 46.7. The van der Waals surface area contributed by atoms with Gasteiger partial charge < -0.3 is 29.8 Å². The van der Waals surface area contributed by atoms with Crippen molar-refractivity contribution in [1.82, 2.24) is 4.98 Å². The zero-order valence-electron chi connectivity index (χ0n) is 24.4. The largest absolute Gasteiger partial charge is 0.503 e. The Kier molecular flexibility index (Phi) is 14.0. The number of aromatic hydroxyl groups is 1. The Morgan fingerprint density at radius 3 is 2.17 bits per heavy atom. The van der Waals surface area contributed by atoms with Crippen LogP contribution in [-0.2, 0) is 9.53 Å². The third kappa shape index (κ3) is 12.5. The van der Waals surface area contributed by atoms with Gasteiger partial charge in [0.05, 0.1) is 14.2 Å². The van der Waals surface area contributed by atoms with E-state index in [-0.39, 0.29) is 35.0 Å². The molecule has 0 fully saturated rings. The van der Waals surface area contributed by atoms with Gasteiger partial charge in [-0.05, 0) is 52.0 Å². The topological polar surface area (TPSA) is 130 Å². The van der Waals surface area contributed by atoms with Gasteiger partial charge in [0.25, 0.3) is 5.91 Å². The number of nitrogens with zero attached hydrogens (tertiary/aromatic N) is 1. The Bertz CT molecular complexity index is 1270. The van der Waals surface area contributed by atoms with E-state index in [2.05, 4.69) is 11.9 Å². The summed E-state index contributed by atoms with van der Waals surface area (Å²) in [6.45, 7) is 9.03. The smallest absolute Gasteiger partial charge is 0.305 e. The number of hydrogen-bond donors (Lipinski definition) is 2. The minimum Gasteiger partial charge on any atom is -0.503 e. The van der Waals surface area contributed by atoms with Crippen LogP contribution in [-0.4, -0.2) is 47.9 Å². The lowest BCUT2D eigenvalue weighted by Gasteiger charge is -2.29. The van der Waals surface area contributed by atoms with E-state index >= 15 is 0 Å². The maximum Gasteiger partial charge on any atom is 0.305 e. The molecule has 3 rings (SSSR count). The lowest BCUT2D eigenvalue weighted by atomic mass is 10.0. The summed E-state index contributed by atoms with van der Waals surface area (Å²) in [5.41, 5.74) is 5.25. The number of nitrogens with two attached hydrogens (primary N) is 1. The highest BCUT2D eigenvalue weighted by molar-refractivity contribution is 5.94. The monoisotopic (exact) mass is 576 g/mol. The summed E-state index contributed by atoms with van der Waals surface area (Å²) in [7, 11) is 3.05. The van der Waals surface area contributed by atoms with Gasteiger partial charge in [-0.2, -0.15) is 0 Å². The van der Waals surface area contributed by atoms with Crippen LogP contribution in [0.1, 0.15) is 56.6 Å². The van der Waals surface area contributed by atoms with Crippen molar-refractivity contribution in [1.29, 1.82) is 0 Å². The standard InChI is InChI=1S/C15H20F2O3.C8H10O.C7H8N2O3/c1-5-14(18)19-10(2)9-15(3,4)20-13-7-6-11(16)8-12(13)17;1-7-3-5-8(9-2)6-4-7;1-12-4-2-3-9-5(6(4)10)7(8)11/h6-8,10H,5,9H2,1-4H3;3-6H,1-2H3;2-3,10H,1H3,(H2,8,11). The van der Waals surface area contributed by atoms with Gasteiger partial charge in [0, 0.05) is 31.2 Å². The van der Waals surface area contributed by atoms with Gasteiger partial charge in [-0.3, -0.25) is 9.59 Å². The highest BCUT2D eigenvalue weighted by Crippen LogP contribution is 2.27. The van der Waals surface area contributed by atoms with Crippen LogP contribution in [0.2, 0.25) is 0 Å². The minimum atomic E-state index is -0.786. The highest BCUT2D eigenvalue weighted by atomic mass is 19.1. The number of pyridine rings is 1. The first-order valence-corrected chi connectivity index (χ1v) is 12.7. The predicted molar refractivity (Wildman–Crippen MR) is 150 cm³/mol. The fourth-order valence-corrected chi connectivity index (χ4v) is 3.39. The second kappa shape index (κ2) is 16.6. The molecule has 9 nitrogen and oxygen atoms in total. The maximum atomic E-state index is 13.5. The number of amides is 1. The molecule has 11 heteroatoms. The minimum absolute atomic E-state index is 0.0228. The summed E-state index contributed by atoms with van der Waals surface area (Å²) in [4.78, 5) is 25.4. The van der Waals surface area contributed by atoms with Crippen LogP contribution in [0.3, 0.4) is 0 Å². The van der Waals surface area contributed by atoms with Crippen molar-refractivity contribution >= 4 is 11.9 Å². The first-order valence-electron chi connectivity index (χ1n) is 12.7. The number of rotatable bonds is 9. The van der Waals surface area contributed by atoms with Gasteiger partial charge >= 0.3 is 5.97 Å². The van der Waals surface area contributed by atoms with Crippen LogP contribution in [0.4, 0.5) is 8.78 Å². The lowest BCUT2D eigenvalue weighted by molar-refractivity contribution is -0.149. The SMILES string of the molecule is CCC(=O)OC(C)CC(C)(C)Oc1ccc(F)cc1F.COc1ccc(C)cc1.COc1ccnc(C(N)=O)c1O. The number of carbonyl (C=O) groups is 2. The van der Waals surface area contributed by atoms with Crippen LogP contribution in [0.15, 0.2) is 54.7 Å². The number of ether oxygens (including phenoxy) is 4. The molecule has 0 aliphatic rings. The molecule has 0 aliphatic carbocycles. The molecule has 3 aromatic rings. The third-order valence-corrected chi connectivity index (χ3v) is 5.28. The quantitative estimate of drug-likeness (QED) is 0.308. The number of hydrogen-bond acceptors (Lipinski definition) is 8. The number of benzene rings is 2. The molecule has 1 heterocycles. The van der Waals surface area contributed by atoms with Crippen molar-refractivity contribution in [2.45, 2.75) is 59.2 Å². The van der Waals surface area contributed by atoms with Crippen LogP contribution in [0.5, 0.6) is 23.0 Å². The first-order chi connectivity index (χ1) is 19.2. The molecule has 0 saturated heterocycles. The van der Waals surface area contributed by atoms with Crippen LogP contribution in [0, 0.1) is 18.6 Å². The van der Waals surface area contributed by atoms with E-state index in [1.807, 2.05) is 24.3 Å². The Balaban J connectivity index is 0.000000338. The van der Waals surface area contributed by atoms with E-state index < -0.39 is 23.1 Å². The summed E-state index contributed by atoms with van der Waals surface area (Å²) in [5, 5.41) is 9.27. The molecule has 1 unspecified atom stereocenters. The van der Waals surface area contributed by atoms with Gasteiger partial charge in [-0.1, -0.05) is 24.6 Å². The van der Waals surface area contributed by atoms with Gasteiger partial charge in [-0.15, -0.1) is 0 Å². The van der Waals surface area contributed by atoms with E-state index in [4.69, 9.17) is 24.7 Å². The van der Waals surface area contributed by atoms with E-state index in [9.17, 15) is 23.5 Å². The molecule has 224 valence electrons. The summed E-state index contributed by atoms with van der Waals surface area (Å²) in [6, 6.07) is 12.5. The molecular formula is C30H38F2N2O7. The Morgan fingerprint density at radius 1 is 1.02 bits per heavy atom. The number of carbonyl (C=O) groups excluding carboxylic acids is 2. The third-order valence-electron chi connectivity index (χ3n) is 5.28. The average molecular weight is 577 g/mol. The van der Waals surface area contributed by atoms with Gasteiger partial charge in [0.1, 0.15) is 23.3 Å². The highest BCUT2D eigenvalue weighted by Gasteiger charge is 2.26. The molecule has 0 saturated carbocycles. The van der Waals surface area contributed by atoms with Crippen LogP contribution < -0.4 is 19.9 Å². The van der Waals surface area contributed by atoms with Crippen molar-refractivity contribution in [2.75, 3.05) is 14.2 Å². The number of methoxy groups -OCH3 is 2. The summed E-state index contributed by atoms with van der Waals surface area (Å²) in [6.07, 6.45) is 1.69. The zero-order valence-corrected chi connectivity index (χ0v) is 24.4. The Hall–Kier alpha value is -4.41. The van der Waals surface area contributed by atoms with Gasteiger partial charge in [0.2, 0.25) is 0 Å². The van der Waals surface area contributed by atoms with E-state index in [0.717, 1.165) is 17.9 Å². The number of aromatic nitrogens is 1. The molecule has 0 aliphatic heterocycles. The number of halogens is 2. The second-order valence-electron chi connectivity index (χ2n) is 9.39. The molecule has 1 amide bonds. The first kappa shape index (κ1) is 34.6. The molecule has 41 heavy (non-hydrogen) atoms. The van der Waals surface area contributed by atoms with Crippen LogP contribution >= 0.6 is 0 Å². The summed E-state index contributed by atoms with van der Waals surface area (Å²) >= 11 is 0. The predicted octanol–water partition coefficient (Wildman–Crippen LogP) is 5.75. The van der Waals surface area contributed by atoms with E-state index in [1.54, 1.807) is 34.8 Å². The van der Waals surface area contributed by atoms with E-state index in [0.29, 0.717) is 12.8 Å². The molecule has 3 N–H and O–H groups in total. The number of primary amides is 1. The van der Waals surface area contributed by atoms with E-state index in [1.165, 1.54) is 31.0 Å². The van der Waals surface area contributed by atoms with Crippen molar-refractivity contribution in [2.24, 2.45) is 5.73 Å². The molecule has 1 atom stereocenters. The van der Waals surface area contributed by atoms with Crippen LogP contribution in [0.25, 0.3) is 0 Å². The van der Waals surface area contributed by atoms with Crippen molar-refractivity contribution in [3.63, 3.8) is 0 Å². The normalized spacial score (nSPS) is 11.0. The van der Waals surface area contributed by atoms with Crippen molar-refractivity contribution in [3.05, 3.63) is 77.6 Å². The maximum absolute atomic E-state index is 13.5. The second-order valence-corrected chi connectivity index (χ2v) is 9.39. The Labute approximate surface area is 239 Å². The molecular weight excluding hydrogens is 538 g/mol. The number of esters is 1. The molecule has 1 aromatic heterocycles. The molecule has 0 radical (unpaired) electrons. The fourth-order valence-electron chi connectivity index (χ4n) is 3.39.